The number of hydrogen-bond donors (Lipinski definition) is 0. The minimum Gasteiger partial charge on any atom is -0.254 e. The van der Waals surface area contributed by atoms with Gasteiger partial charge in [0.15, 0.2) is 0 Å². The van der Waals surface area contributed by atoms with E-state index in [-0.39, 0.29) is 0 Å². The predicted octanol–water partition coefficient (Wildman–Crippen LogP) is 3.46. The van der Waals surface area contributed by atoms with Gasteiger partial charge in [-0.15, -0.1) is 11.8 Å². The van der Waals surface area contributed by atoms with Gasteiger partial charge in [0.1, 0.15) is 0 Å². The second kappa shape index (κ2) is 7.13. The molecule has 19 heavy (non-hydrogen) atoms. The Morgan fingerprint density at radius 1 is 1.11 bits per heavy atom. The Kier molecular flexibility index (Phi) is 5.20. The van der Waals surface area contributed by atoms with Gasteiger partial charge in [0.25, 0.3) is 0 Å². The van der Waals surface area contributed by atoms with Gasteiger partial charge < -0.3 is 0 Å². The van der Waals surface area contributed by atoms with Gasteiger partial charge >= 0.3 is 0 Å². The van der Waals surface area contributed by atoms with Crippen molar-refractivity contribution in [2.45, 2.75) is 9.79 Å². The fourth-order valence-corrected chi connectivity index (χ4v) is 3.84. The molecule has 0 bridgehead atoms. The van der Waals surface area contributed by atoms with E-state index in [9.17, 15) is 4.21 Å². The van der Waals surface area contributed by atoms with Gasteiger partial charge in [0.05, 0.1) is 22.4 Å². The molecule has 0 spiro atoms. The number of nitriles is 1. The van der Waals surface area contributed by atoms with Crippen molar-refractivity contribution in [3.8, 4) is 6.07 Å². The summed E-state index contributed by atoms with van der Waals surface area (Å²) in [6.45, 7) is 0. The Bertz CT molecular complexity index is 605. The average molecular weight is 287 g/mol. The molecule has 4 heteroatoms. The summed E-state index contributed by atoms with van der Waals surface area (Å²) in [5.41, 5.74) is 0.661. The second-order valence-electron chi connectivity index (χ2n) is 3.85. The lowest BCUT2D eigenvalue weighted by molar-refractivity contribution is 0.684. The highest BCUT2D eigenvalue weighted by atomic mass is 32.2. The Morgan fingerprint density at radius 3 is 2.63 bits per heavy atom. The van der Waals surface area contributed by atoms with E-state index in [0.717, 1.165) is 15.5 Å². The molecule has 0 unspecified atom stereocenters. The molecule has 0 fully saturated rings. The summed E-state index contributed by atoms with van der Waals surface area (Å²) in [6.07, 6.45) is 0. The number of benzene rings is 2. The molecule has 1 atom stereocenters. The molecular formula is C15H13NOS2. The topological polar surface area (TPSA) is 40.9 Å². The molecule has 2 aromatic carbocycles. The standard InChI is InChI=1S/C15H13NOS2/c16-12-13-5-4-6-14(11-13)18-9-10-19(17)15-7-2-1-3-8-15/h1-8,11H,9-10H2/t19-/m1/s1. The van der Waals surface area contributed by atoms with Gasteiger partial charge in [0, 0.05) is 21.3 Å². The van der Waals surface area contributed by atoms with Gasteiger partial charge in [-0.05, 0) is 30.3 Å². The second-order valence-corrected chi connectivity index (χ2v) is 6.59. The lowest BCUT2D eigenvalue weighted by atomic mass is 10.2. The van der Waals surface area contributed by atoms with Gasteiger partial charge in [-0.2, -0.15) is 5.26 Å². The summed E-state index contributed by atoms with van der Waals surface area (Å²) in [5.74, 6) is 1.39. The minimum atomic E-state index is -0.950. The third-order valence-corrected chi connectivity index (χ3v) is 5.13. The Balaban J connectivity index is 1.87. The molecule has 2 aromatic rings. The predicted molar refractivity (Wildman–Crippen MR) is 79.6 cm³/mol. The van der Waals surface area contributed by atoms with Gasteiger partial charge in [-0.25, -0.2) is 0 Å². The van der Waals surface area contributed by atoms with Crippen molar-refractivity contribution in [2.24, 2.45) is 0 Å². The van der Waals surface area contributed by atoms with E-state index in [1.165, 1.54) is 0 Å². The lowest BCUT2D eigenvalue weighted by Gasteiger charge is -2.03. The van der Waals surface area contributed by atoms with E-state index in [2.05, 4.69) is 6.07 Å². The molecule has 2 rings (SSSR count). The summed E-state index contributed by atoms with van der Waals surface area (Å²) in [5, 5.41) is 8.82. The monoisotopic (exact) mass is 287 g/mol. The number of rotatable bonds is 5. The summed E-state index contributed by atoms with van der Waals surface area (Å²) in [6, 6.07) is 19.1. The van der Waals surface area contributed by atoms with E-state index >= 15 is 0 Å². The molecule has 0 radical (unpaired) electrons. The zero-order valence-electron chi connectivity index (χ0n) is 10.3. The highest BCUT2D eigenvalue weighted by Crippen LogP contribution is 2.19. The van der Waals surface area contributed by atoms with Crippen molar-refractivity contribution >= 4 is 22.6 Å². The first-order valence-electron chi connectivity index (χ1n) is 5.86. The number of thioether (sulfide) groups is 1. The maximum Gasteiger partial charge on any atom is 0.0992 e. The quantitative estimate of drug-likeness (QED) is 0.791. The largest absolute Gasteiger partial charge is 0.254 e. The number of hydrogen-bond acceptors (Lipinski definition) is 3. The Morgan fingerprint density at radius 2 is 1.89 bits per heavy atom. The summed E-state index contributed by atoms with van der Waals surface area (Å²) in [4.78, 5) is 1.91. The van der Waals surface area contributed by atoms with Crippen molar-refractivity contribution < 1.29 is 4.21 Å². The third-order valence-electron chi connectivity index (χ3n) is 2.51. The molecule has 0 aliphatic heterocycles. The van der Waals surface area contributed by atoms with Crippen LogP contribution in [0.3, 0.4) is 0 Å². The molecule has 96 valence electrons. The van der Waals surface area contributed by atoms with Crippen LogP contribution in [0.1, 0.15) is 5.56 Å². The van der Waals surface area contributed by atoms with Gasteiger partial charge in [-0.3, -0.25) is 4.21 Å². The Hall–Kier alpha value is -1.57. The van der Waals surface area contributed by atoms with Crippen molar-refractivity contribution in [3.05, 3.63) is 60.2 Å². The maximum atomic E-state index is 12.0. The first-order chi connectivity index (χ1) is 9.29. The maximum absolute atomic E-state index is 12.0. The first kappa shape index (κ1) is 13.9. The SMILES string of the molecule is N#Cc1cccc(SCC[S@@](=O)c2ccccc2)c1. The highest BCUT2D eigenvalue weighted by molar-refractivity contribution is 8.00. The highest BCUT2D eigenvalue weighted by Gasteiger charge is 2.03. The molecule has 0 aliphatic rings. The molecule has 2 nitrogen and oxygen atoms in total. The molecule has 0 saturated carbocycles. The van der Waals surface area contributed by atoms with Gasteiger partial charge in [-0.1, -0.05) is 24.3 Å². The van der Waals surface area contributed by atoms with Crippen molar-refractivity contribution in [3.63, 3.8) is 0 Å². The lowest BCUT2D eigenvalue weighted by Crippen LogP contribution is -2.00. The summed E-state index contributed by atoms with van der Waals surface area (Å²) < 4.78 is 12.0. The van der Waals surface area contributed by atoms with Crippen LogP contribution >= 0.6 is 11.8 Å². The smallest absolute Gasteiger partial charge is 0.0992 e. The van der Waals surface area contributed by atoms with Crippen LogP contribution in [0.25, 0.3) is 0 Å². The van der Waals surface area contributed by atoms with E-state index < -0.39 is 10.8 Å². The first-order valence-corrected chi connectivity index (χ1v) is 8.16. The van der Waals surface area contributed by atoms with E-state index in [1.807, 2.05) is 48.5 Å². The average Bonchev–Trinajstić information content (AvgIpc) is 2.48. The minimum absolute atomic E-state index is 0.617. The van der Waals surface area contributed by atoms with Crippen LogP contribution in [0.4, 0.5) is 0 Å². The molecule has 0 aliphatic carbocycles. The van der Waals surface area contributed by atoms with Crippen molar-refractivity contribution in [2.75, 3.05) is 11.5 Å². The van der Waals surface area contributed by atoms with E-state index in [0.29, 0.717) is 11.3 Å². The fourth-order valence-electron chi connectivity index (χ4n) is 1.58. The molecular weight excluding hydrogens is 274 g/mol. The molecule has 0 heterocycles. The van der Waals surface area contributed by atoms with Crippen LogP contribution in [0.2, 0.25) is 0 Å². The third kappa shape index (κ3) is 4.23. The van der Waals surface area contributed by atoms with Crippen LogP contribution in [-0.2, 0) is 10.8 Å². The summed E-state index contributed by atoms with van der Waals surface area (Å²) in [7, 11) is -0.950. The Labute approximate surface area is 119 Å². The van der Waals surface area contributed by atoms with E-state index in [4.69, 9.17) is 5.26 Å². The van der Waals surface area contributed by atoms with Crippen LogP contribution in [0.5, 0.6) is 0 Å². The zero-order chi connectivity index (χ0) is 13.5. The van der Waals surface area contributed by atoms with Crippen LogP contribution < -0.4 is 0 Å². The fraction of sp³-hybridized carbons (Fsp3) is 0.133. The number of nitrogens with zero attached hydrogens (tertiary/aromatic N) is 1. The van der Waals surface area contributed by atoms with Gasteiger partial charge in [0.2, 0.25) is 0 Å². The molecule has 0 N–H and O–H groups in total. The van der Waals surface area contributed by atoms with Crippen LogP contribution in [0, 0.1) is 11.3 Å². The molecule has 0 saturated heterocycles. The molecule has 0 aromatic heterocycles. The van der Waals surface area contributed by atoms with Crippen molar-refractivity contribution in [1.82, 2.24) is 0 Å². The molecule has 0 amide bonds. The van der Waals surface area contributed by atoms with E-state index in [1.54, 1.807) is 17.8 Å². The zero-order valence-corrected chi connectivity index (χ0v) is 11.9. The normalized spacial score (nSPS) is 11.7. The van der Waals surface area contributed by atoms with Crippen LogP contribution in [-0.4, -0.2) is 15.7 Å². The summed E-state index contributed by atoms with van der Waals surface area (Å²) >= 11 is 1.63. The van der Waals surface area contributed by atoms with Crippen LogP contribution in [0.15, 0.2) is 64.4 Å². The van der Waals surface area contributed by atoms with Crippen molar-refractivity contribution in [1.29, 1.82) is 5.26 Å².